The van der Waals surface area contributed by atoms with Gasteiger partial charge in [0.2, 0.25) is 0 Å². The molecule has 20 heavy (non-hydrogen) atoms. The fourth-order valence-corrected chi connectivity index (χ4v) is 2.90. The minimum absolute atomic E-state index is 0.542. The van der Waals surface area contributed by atoms with Crippen molar-refractivity contribution in [3.8, 4) is 6.07 Å². The van der Waals surface area contributed by atoms with Crippen LogP contribution < -0.4 is 10.2 Å². The fourth-order valence-electron chi connectivity index (χ4n) is 2.90. The van der Waals surface area contributed by atoms with Crippen LogP contribution >= 0.6 is 0 Å². The van der Waals surface area contributed by atoms with Crippen LogP contribution in [0.5, 0.6) is 0 Å². The highest BCUT2D eigenvalue weighted by molar-refractivity contribution is 5.61. The summed E-state index contributed by atoms with van der Waals surface area (Å²) in [6, 6.07) is 9.24. The van der Waals surface area contributed by atoms with Gasteiger partial charge in [0.15, 0.2) is 0 Å². The third kappa shape index (κ3) is 3.52. The molecule has 1 saturated heterocycles. The largest absolute Gasteiger partial charge is 0.368 e. The first-order chi connectivity index (χ1) is 9.76. The Bertz CT molecular complexity index is 476. The number of rotatable bonds is 5. The Morgan fingerprint density at radius 1 is 1.40 bits per heavy atom. The lowest BCUT2D eigenvalue weighted by atomic mass is 10.0. The van der Waals surface area contributed by atoms with E-state index in [-0.39, 0.29) is 0 Å². The van der Waals surface area contributed by atoms with Crippen molar-refractivity contribution in [1.82, 2.24) is 5.32 Å². The quantitative estimate of drug-likeness (QED) is 0.834. The summed E-state index contributed by atoms with van der Waals surface area (Å²) >= 11 is 0. The Morgan fingerprint density at radius 3 is 2.95 bits per heavy atom. The van der Waals surface area contributed by atoms with Gasteiger partial charge >= 0.3 is 0 Å². The van der Waals surface area contributed by atoms with Crippen LogP contribution in [-0.2, 0) is 6.54 Å². The standard InChI is InChI=1S/C17H25N3/c1-3-9-19-13-15-7-8-17(16(11-15)12-18)20-10-5-4-6-14(20)2/h7-8,11,14,19H,3-6,9-10,13H2,1-2H3. The molecule has 1 unspecified atom stereocenters. The molecule has 0 radical (unpaired) electrons. The fraction of sp³-hybridized carbons (Fsp3) is 0.588. The predicted octanol–water partition coefficient (Wildman–Crippen LogP) is 3.44. The van der Waals surface area contributed by atoms with Crippen molar-refractivity contribution in [2.75, 3.05) is 18.0 Å². The minimum atomic E-state index is 0.542. The summed E-state index contributed by atoms with van der Waals surface area (Å²) in [5, 5.41) is 12.8. The zero-order valence-electron chi connectivity index (χ0n) is 12.7. The average molecular weight is 271 g/mol. The number of nitrogens with one attached hydrogen (secondary N) is 1. The van der Waals surface area contributed by atoms with Gasteiger partial charge in [-0.3, -0.25) is 0 Å². The lowest BCUT2D eigenvalue weighted by Crippen LogP contribution is -2.37. The molecule has 1 atom stereocenters. The van der Waals surface area contributed by atoms with Crippen LogP contribution in [0.4, 0.5) is 5.69 Å². The molecule has 1 aliphatic rings. The SMILES string of the molecule is CCCNCc1ccc(N2CCCCC2C)c(C#N)c1. The molecule has 3 heteroatoms. The summed E-state index contributed by atoms with van der Waals surface area (Å²) in [6.07, 6.45) is 4.90. The van der Waals surface area contributed by atoms with E-state index in [1.54, 1.807) is 0 Å². The van der Waals surface area contributed by atoms with E-state index in [1.807, 2.05) is 6.07 Å². The highest BCUT2D eigenvalue weighted by Crippen LogP contribution is 2.28. The monoisotopic (exact) mass is 271 g/mol. The van der Waals surface area contributed by atoms with E-state index in [2.05, 4.69) is 42.3 Å². The summed E-state index contributed by atoms with van der Waals surface area (Å²) < 4.78 is 0. The second kappa shape index (κ2) is 7.31. The van der Waals surface area contributed by atoms with Crippen molar-refractivity contribution in [3.05, 3.63) is 29.3 Å². The average Bonchev–Trinajstić information content (AvgIpc) is 2.48. The maximum Gasteiger partial charge on any atom is 0.101 e. The molecule has 1 fully saturated rings. The van der Waals surface area contributed by atoms with Gasteiger partial charge in [-0.1, -0.05) is 13.0 Å². The van der Waals surface area contributed by atoms with Crippen molar-refractivity contribution in [1.29, 1.82) is 5.26 Å². The molecular formula is C17H25N3. The second-order valence-electron chi connectivity index (χ2n) is 5.68. The molecule has 1 aromatic rings. The Morgan fingerprint density at radius 2 is 2.25 bits per heavy atom. The van der Waals surface area contributed by atoms with E-state index < -0.39 is 0 Å². The molecule has 108 valence electrons. The van der Waals surface area contributed by atoms with Crippen molar-refractivity contribution < 1.29 is 0 Å². The van der Waals surface area contributed by atoms with E-state index in [9.17, 15) is 5.26 Å². The number of piperidine rings is 1. The molecule has 1 heterocycles. The molecule has 0 bridgehead atoms. The zero-order chi connectivity index (χ0) is 14.4. The number of hydrogen-bond donors (Lipinski definition) is 1. The van der Waals surface area contributed by atoms with Crippen LogP contribution in [0.25, 0.3) is 0 Å². The maximum atomic E-state index is 9.43. The van der Waals surface area contributed by atoms with E-state index >= 15 is 0 Å². The van der Waals surface area contributed by atoms with Gasteiger partial charge in [-0.25, -0.2) is 0 Å². The molecule has 0 aromatic heterocycles. The summed E-state index contributed by atoms with van der Waals surface area (Å²) in [6.45, 7) is 7.36. The van der Waals surface area contributed by atoms with E-state index in [1.165, 1.54) is 24.8 Å². The third-order valence-corrected chi connectivity index (χ3v) is 4.05. The van der Waals surface area contributed by atoms with Crippen molar-refractivity contribution in [2.45, 2.75) is 52.1 Å². The van der Waals surface area contributed by atoms with Gasteiger partial charge in [0.25, 0.3) is 0 Å². The maximum absolute atomic E-state index is 9.43. The summed E-state index contributed by atoms with van der Waals surface area (Å²) in [7, 11) is 0. The summed E-state index contributed by atoms with van der Waals surface area (Å²) in [4.78, 5) is 2.39. The number of nitrogens with zero attached hydrogens (tertiary/aromatic N) is 2. The molecule has 1 aliphatic heterocycles. The Hall–Kier alpha value is -1.53. The highest BCUT2D eigenvalue weighted by Gasteiger charge is 2.20. The molecular weight excluding hydrogens is 246 g/mol. The molecule has 0 spiro atoms. The van der Waals surface area contributed by atoms with E-state index in [0.717, 1.165) is 37.3 Å². The molecule has 1 aromatic carbocycles. The number of hydrogen-bond acceptors (Lipinski definition) is 3. The Labute approximate surface area is 122 Å². The van der Waals surface area contributed by atoms with Crippen molar-refractivity contribution in [3.63, 3.8) is 0 Å². The number of anilines is 1. The number of nitriles is 1. The lowest BCUT2D eigenvalue weighted by Gasteiger charge is -2.36. The first kappa shape index (κ1) is 14.9. The van der Waals surface area contributed by atoms with Crippen LogP contribution in [-0.4, -0.2) is 19.1 Å². The number of benzene rings is 1. The predicted molar refractivity (Wildman–Crippen MR) is 83.8 cm³/mol. The first-order valence-electron chi connectivity index (χ1n) is 7.76. The van der Waals surface area contributed by atoms with Crippen LogP contribution in [0.3, 0.4) is 0 Å². The third-order valence-electron chi connectivity index (χ3n) is 4.05. The van der Waals surface area contributed by atoms with Gasteiger partial charge in [0, 0.05) is 19.1 Å². The Balaban J connectivity index is 2.15. The molecule has 2 rings (SSSR count). The van der Waals surface area contributed by atoms with Gasteiger partial charge in [-0.15, -0.1) is 0 Å². The molecule has 0 aliphatic carbocycles. The normalized spacial score (nSPS) is 18.9. The van der Waals surface area contributed by atoms with Crippen molar-refractivity contribution in [2.24, 2.45) is 0 Å². The van der Waals surface area contributed by atoms with Gasteiger partial charge in [-0.2, -0.15) is 5.26 Å². The Kier molecular flexibility index (Phi) is 5.43. The summed E-state index contributed by atoms with van der Waals surface area (Å²) in [5.41, 5.74) is 3.12. The van der Waals surface area contributed by atoms with Gasteiger partial charge < -0.3 is 10.2 Å². The zero-order valence-corrected chi connectivity index (χ0v) is 12.7. The minimum Gasteiger partial charge on any atom is -0.368 e. The topological polar surface area (TPSA) is 39.1 Å². The van der Waals surface area contributed by atoms with Crippen LogP contribution in [0.15, 0.2) is 18.2 Å². The molecule has 0 saturated carbocycles. The first-order valence-corrected chi connectivity index (χ1v) is 7.76. The highest BCUT2D eigenvalue weighted by atomic mass is 15.2. The molecule has 3 nitrogen and oxygen atoms in total. The molecule has 1 N–H and O–H groups in total. The second-order valence-corrected chi connectivity index (χ2v) is 5.68. The van der Waals surface area contributed by atoms with Gasteiger partial charge in [0.05, 0.1) is 11.3 Å². The van der Waals surface area contributed by atoms with Gasteiger partial charge in [0.1, 0.15) is 6.07 Å². The van der Waals surface area contributed by atoms with Crippen LogP contribution in [0.1, 0.15) is 50.7 Å². The van der Waals surface area contributed by atoms with Gasteiger partial charge in [-0.05, 0) is 56.8 Å². The van der Waals surface area contributed by atoms with Crippen molar-refractivity contribution >= 4 is 5.69 Å². The molecule has 0 amide bonds. The van der Waals surface area contributed by atoms with E-state index in [0.29, 0.717) is 6.04 Å². The van der Waals surface area contributed by atoms with Crippen LogP contribution in [0.2, 0.25) is 0 Å². The smallest absolute Gasteiger partial charge is 0.101 e. The van der Waals surface area contributed by atoms with E-state index in [4.69, 9.17) is 0 Å². The lowest BCUT2D eigenvalue weighted by molar-refractivity contribution is 0.484. The summed E-state index contributed by atoms with van der Waals surface area (Å²) in [5.74, 6) is 0. The van der Waals surface area contributed by atoms with Crippen LogP contribution in [0, 0.1) is 11.3 Å².